The van der Waals surface area contributed by atoms with Crippen LogP contribution in [0.15, 0.2) is 42.5 Å². The maximum atomic E-state index is 12.5. The number of likely N-dealkylation sites (N-methyl/N-ethyl adjacent to an activating group) is 1. The van der Waals surface area contributed by atoms with Crippen LogP contribution in [0.5, 0.6) is 11.5 Å². The Morgan fingerprint density at radius 3 is 2.26 bits per heavy atom. The zero-order valence-electron chi connectivity index (χ0n) is 16.2. The van der Waals surface area contributed by atoms with Crippen molar-refractivity contribution in [3.05, 3.63) is 59.2 Å². The van der Waals surface area contributed by atoms with Crippen LogP contribution in [-0.2, 0) is 11.3 Å². The predicted molar refractivity (Wildman–Crippen MR) is 104 cm³/mol. The second-order valence-electron chi connectivity index (χ2n) is 6.15. The van der Waals surface area contributed by atoms with E-state index in [0.717, 1.165) is 11.1 Å². The summed E-state index contributed by atoms with van der Waals surface area (Å²) in [5.41, 5.74) is 2.54. The molecule has 0 fully saturated rings. The van der Waals surface area contributed by atoms with Gasteiger partial charge in [0.1, 0.15) is 0 Å². The highest BCUT2D eigenvalue weighted by molar-refractivity contribution is 5.96. The number of methoxy groups -OCH3 is 2. The molecule has 27 heavy (non-hydrogen) atoms. The highest BCUT2D eigenvalue weighted by Gasteiger charge is 2.15. The van der Waals surface area contributed by atoms with Crippen molar-refractivity contribution >= 4 is 11.8 Å². The average molecular weight is 370 g/mol. The summed E-state index contributed by atoms with van der Waals surface area (Å²) in [6.45, 7) is 4.77. The SMILES string of the molecule is CCN(Cc1ccc(OC)c(OC)c1)C(=O)CNC(=O)c1ccc(C)cc1. The molecule has 0 unspecified atom stereocenters. The molecule has 0 atom stereocenters. The number of nitrogens with zero attached hydrogens (tertiary/aromatic N) is 1. The fourth-order valence-electron chi connectivity index (χ4n) is 2.65. The van der Waals surface area contributed by atoms with Crippen LogP contribution in [0.3, 0.4) is 0 Å². The van der Waals surface area contributed by atoms with E-state index in [1.807, 2.05) is 44.2 Å². The average Bonchev–Trinajstić information content (AvgIpc) is 2.70. The van der Waals surface area contributed by atoms with E-state index in [0.29, 0.717) is 30.2 Å². The molecule has 0 radical (unpaired) electrons. The maximum absolute atomic E-state index is 12.5. The molecular weight excluding hydrogens is 344 g/mol. The molecule has 6 heteroatoms. The lowest BCUT2D eigenvalue weighted by Crippen LogP contribution is -2.39. The highest BCUT2D eigenvalue weighted by Crippen LogP contribution is 2.28. The molecule has 1 N–H and O–H groups in total. The van der Waals surface area contributed by atoms with Gasteiger partial charge in [0.2, 0.25) is 5.91 Å². The number of carbonyl (C=O) groups is 2. The van der Waals surface area contributed by atoms with Crippen molar-refractivity contribution in [3.63, 3.8) is 0 Å². The van der Waals surface area contributed by atoms with Crippen molar-refractivity contribution in [3.8, 4) is 11.5 Å². The van der Waals surface area contributed by atoms with Crippen LogP contribution < -0.4 is 14.8 Å². The first-order chi connectivity index (χ1) is 13.0. The molecule has 2 rings (SSSR count). The lowest BCUT2D eigenvalue weighted by molar-refractivity contribution is -0.130. The van der Waals surface area contributed by atoms with Gasteiger partial charge in [-0.25, -0.2) is 0 Å². The molecule has 0 aliphatic carbocycles. The van der Waals surface area contributed by atoms with E-state index in [9.17, 15) is 9.59 Å². The molecule has 6 nitrogen and oxygen atoms in total. The minimum Gasteiger partial charge on any atom is -0.493 e. The van der Waals surface area contributed by atoms with Gasteiger partial charge in [-0.15, -0.1) is 0 Å². The van der Waals surface area contributed by atoms with Gasteiger partial charge in [-0.2, -0.15) is 0 Å². The van der Waals surface area contributed by atoms with E-state index < -0.39 is 0 Å². The summed E-state index contributed by atoms with van der Waals surface area (Å²) in [7, 11) is 3.15. The van der Waals surface area contributed by atoms with Crippen LogP contribution in [0.25, 0.3) is 0 Å². The lowest BCUT2D eigenvalue weighted by atomic mass is 10.1. The first-order valence-electron chi connectivity index (χ1n) is 8.82. The van der Waals surface area contributed by atoms with Gasteiger partial charge >= 0.3 is 0 Å². The Labute approximate surface area is 160 Å². The van der Waals surface area contributed by atoms with E-state index in [1.165, 1.54) is 0 Å². The quantitative estimate of drug-likeness (QED) is 0.776. The zero-order chi connectivity index (χ0) is 19.8. The number of carbonyl (C=O) groups excluding carboxylic acids is 2. The summed E-state index contributed by atoms with van der Waals surface area (Å²) < 4.78 is 10.5. The standard InChI is InChI=1S/C21H26N2O4/c1-5-23(14-16-8-11-18(26-3)19(12-16)27-4)20(24)13-22-21(25)17-9-6-15(2)7-10-17/h6-12H,5,13-14H2,1-4H3,(H,22,25). The number of rotatable bonds is 8. The largest absolute Gasteiger partial charge is 0.493 e. The fraction of sp³-hybridized carbons (Fsp3) is 0.333. The third-order valence-electron chi connectivity index (χ3n) is 4.27. The van der Waals surface area contributed by atoms with Gasteiger partial charge in [0.15, 0.2) is 11.5 Å². The number of hydrogen-bond donors (Lipinski definition) is 1. The zero-order valence-corrected chi connectivity index (χ0v) is 16.2. The van der Waals surface area contributed by atoms with E-state index >= 15 is 0 Å². The van der Waals surface area contributed by atoms with Gasteiger partial charge in [-0.1, -0.05) is 23.8 Å². The van der Waals surface area contributed by atoms with E-state index in [4.69, 9.17) is 9.47 Å². The van der Waals surface area contributed by atoms with Crippen molar-refractivity contribution in [1.29, 1.82) is 0 Å². The van der Waals surface area contributed by atoms with Crippen LogP contribution in [0.4, 0.5) is 0 Å². The van der Waals surface area contributed by atoms with Crippen LogP contribution in [-0.4, -0.2) is 44.0 Å². The minimum absolute atomic E-state index is 0.0478. The minimum atomic E-state index is -0.259. The van der Waals surface area contributed by atoms with Gasteiger partial charge in [-0.05, 0) is 43.7 Å². The van der Waals surface area contributed by atoms with E-state index in [1.54, 1.807) is 31.3 Å². The third-order valence-corrected chi connectivity index (χ3v) is 4.27. The molecule has 0 aliphatic heterocycles. The molecule has 0 saturated heterocycles. The number of nitrogens with one attached hydrogen (secondary N) is 1. The summed E-state index contributed by atoms with van der Waals surface area (Å²) in [4.78, 5) is 26.4. The Bertz CT molecular complexity index is 787. The molecule has 0 bridgehead atoms. The Morgan fingerprint density at radius 2 is 1.67 bits per heavy atom. The molecule has 0 aliphatic rings. The van der Waals surface area contributed by atoms with Crippen LogP contribution in [0, 0.1) is 6.92 Å². The van der Waals surface area contributed by atoms with Gasteiger partial charge in [-0.3, -0.25) is 9.59 Å². The number of benzene rings is 2. The van der Waals surface area contributed by atoms with E-state index in [2.05, 4.69) is 5.32 Å². The molecule has 0 aromatic heterocycles. The summed E-state index contributed by atoms with van der Waals surface area (Å²) >= 11 is 0. The van der Waals surface area contributed by atoms with Crippen LogP contribution in [0.2, 0.25) is 0 Å². The van der Waals surface area contributed by atoms with Gasteiger partial charge < -0.3 is 19.7 Å². The van der Waals surface area contributed by atoms with Crippen molar-refractivity contribution in [2.24, 2.45) is 0 Å². The molecular formula is C21H26N2O4. The maximum Gasteiger partial charge on any atom is 0.251 e. The van der Waals surface area contributed by atoms with Gasteiger partial charge in [0.25, 0.3) is 5.91 Å². The van der Waals surface area contributed by atoms with Crippen molar-refractivity contribution in [2.75, 3.05) is 27.3 Å². The van der Waals surface area contributed by atoms with Crippen LogP contribution >= 0.6 is 0 Å². The van der Waals surface area contributed by atoms with Crippen molar-refractivity contribution in [1.82, 2.24) is 10.2 Å². The molecule has 0 heterocycles. The molecule has 0 saturated carbocycles. The summed E-state index contributed by atoms with van der Waals surface area (Å²) in [5, 5.41) is 2.68. The number of ether oxygens (including phenoxy) is 2. The fourth-order valence-corrected chi connectivity index (χ4v) is 2.65. The first-order valence-corrected chi connectivity index (χ1v) is 8.82. The molecule has 0 spiro atoms. The van der Waals surface area contributed by atoms with Gasteiger partial charge in [0, 0.05) is 18.7 Å². The summed E-state index contributed by atoms with van der Waals surface area (Å²) in [5.74, 6) is 0.852. The molecule has 2 aromatic carbocycles. The smallest absolute Gasteiger partial charge is 0.251 e. The van der Waals surface area contributed by atoms with Gasteiger partial charge in [0.05, 0.1) is 20.8 Å². The highest BCUT2D eigenvalue weighted by atomic mass is 16.5. The second kappa shape index (κ2) is 9.62. The summed E-state index contributed by atoms with van der Waals surface area (Å²) in [6.07, 6.45) is 0. The molecule has 2 aromatic rings. The Balaban J connectivity index is 1.97. The summed E-state index contributed by atoms with van der Waals surface area (Å²) in [6, 6.07) is 12.8. The van der Waals surface area contributed by atoms with Crippen molar-refractivity contribution < 1.29 is 19.1 Å². The van der Waals surface area contributed by atoms with Crippen molar-refractivity contribution in [2.45, 2.75) is 20.4 Å². The van der Waals surface area contributed by atoms with Crippen LogP contribution in [0.1, 0.15) is 28.4 Å². The lowest BCUT2D eigenvalue weighted by Gasteiger charge is -2.22. The Hall–Kier alpha value is -3.02. The predicted octanol–water partition coefficient (Wildman–Crippen LogP) is 2.79. The second-order valence-corrected chi connectivity index (χ2v) is 6.15. The first kappa shape index (κ1) is 20.3. The Morgan fingerprint density at radius 1 is 1.00 bits per heavy atom. The Kier molecular flexibility index (Phi) is 7.23. The topological polar surface area (TPSA) is 67.9 Å². The number of aryl methyl sites for hydroxylation is 1. The molecule has 2 amide bonds. The monoisotopic (exact) mass is 370 g/mol. The molecule has 144 valence electrons. The normalized spacial score (nSPS) is 10.2. The van der Waals surface area contributed by atoms with E-state index in [-0.39, 0.29) is 18.4 Å². The third kappa shape index (κ3) is 5.48. The number of amides is 2. The number of hydrogen-bond acceptors (Lipinski definition) is 4.